The van der Waals surface area contributed by atoms with Gasteiger partial charge in [-0.3, -0.25) is 4.90 Å². The van der Waals surface area contributed by atoms with Crippen molar-refractivity contribution in [2.45, 2.75) is 12.5 Å². The zero-order valence-electron chi connectivity index (χ0n) is 9.88. The van der Waals surface area contributed by atoms with Crippen molar-refractivity contribution in [3.8, 4) is 0 Å². The highest BCUT2D eigenvalue weighted by atomic mass is 19.1. The van der Waals surface area contributed by atoms with Gasteiger partial charge in [-0.05, 0) is 18.6 Å². The minimum Gasteiger partial charge on any atom is -0.380 e. The molecule has 2 heterocycles. The molecular weight excluding hydrogens is 217 g/mol. The fourth-order valence-corrected chi connectivity index (χ4v) is 2.73. The van der Waals surface area contributed by atoms with Crippen molar-refractivity contribution in [3.63, 3.8) is 0 Å². The summed E-state index contributed by atoms with van der Waals surface area (Å²) in [5.74, 6) is -0.0715. The van der Waals surface area contributed by atoms with Gasteiger partial charge in [0.1, 0.15) is 5.82 Å². The normalized spacial score (nSPS) is 24.4. The maximum atomic E-state index is 13.6. The van der Waals surface area contributed by atoms with Crippen LogP contribution >= 0.6 is 0 Å². The van der Waals surface area contributed by atoms with Gasteiger partial charge in [0.25, 0.3) is 0 Å². The lowest BCUT2D eigenvalue weighted by Gasteiger charge is -2.29. The average molecular weight is 235 g/mol. The Bertz CT molecular complexity index is 402. The summed E-state index contributed by atoms with van der Waals surface area (Å²) in [4.78, 5) is 2.44. The molecule has 0 aliphatic carbocycles. The highest BCUT2D eigenvalue weighted by Crippen LogP contribution is 2.28. The molecule has 0 amide bonds. The first-order valence-corrected chi connectivity index (χ1v) is 6.30. The first-order chi connectivity index (χ1) is 8.33. The molecule has 0 saturated carbocycles. The van der Waals surface area contributed by atoms with Crippen molar-refractivity contribution in [2.24, 2.45) is 0 Å². The van der Waals surface area contributed by atoms with E-state index in [1.807, 2.05) is 6.07 Å². The number of piperazine rings is 1. The third-order valence-electron chi connectivity index (χ3n) is 3.62. The van der Waals surface area contributed by atoms with Crippen molar-refractivity contribution in [1.29, 1.82) is 0 Å². The molecule has 92 valence electrons. The first kappa shape index (κ1) is 11.0. The number of anilines is 1. The molecule has 1 fully saturated rings. The van der Waals surface area contributed by atoms with Crippen molar-refractivity contribution in [3.05, 3.63) is 29.6 Å². The zero-order valence-corrected chi connectivity index (χ0v) is 9.88. The Balaban J connectivity index is 1.63. The van der Waals surface area contributed by atoms with Crippen molar-refractivity contribution >= 4 is 5.69 Å². The molecule has 2 aliphatic rings. The molecule has 0 bridgehead atoms. The van der Waals surface area contributed by atoms with Crippen LogP contribution in [0.25, 0.3) is 0 Å². The summed E-state index contributed by atoms with van der Waals surface area (Å²) < 4.78 is 13.6. The van der Waals surface area contributed by atoms with Crippen LogP contribution in [0.5, 0.6) is 0 Å². The molecule has 2 N–H and O–H groups in total. The second-order valence-electron chi connectivity index (χ2n) is 4.86. The van der Waals surface area contributed by atoms with Gasteiger partial charge in [-0.15, -0.1) is 0 Å². The number of hydrogen-bond donors (Lipinski definition) is 2. The summed E-state index contributed by atoms with van der Waals surface area (Å²) in [7, 11) is 0. The van der Waals surface area contributed by atoms with E-state index in [2.05, 4.69) is 15.5 Å². The van der Waals surface area contributed by atoms with Gasteiger partial charge in [0, 0.05) is 50.0 Å². The molecular formula is C13H18FN3. The van der Waals surface area contributed by atoms with Crippen LogP contribution in [-0.2, 0) is 6.42 Å². The predicted octanol–water partition coefficient (Wildman–Crippen LogP) is 1.07. The topological polar surface area (TPSA) is 27.3 Å². The first-order valence-electron chi connectivity index (χ1n) is 6.30. The number of fused-ring (bicyclic) bond motifs is 1. The molecule has 1 unspecified atom stereocenters. The van der Waals surface area contributed by atoms with E-state index in [0.717, 1.165) is 50.4 Å². The average Bonchev–Trinajstić information content (AvgIpc) is 2.74. The van der Waals surface area contributed by atoms with E-state index < -0.39 is 0 Å². The van der Waals surface area contributed by atoms with Gasteiger partial charge >= 0.3 is 0 Å². The van der Waals surface area contributed by atoms with Gasteiger partial charge in [-0.25, -0.2) is 4.39 Å². The Labute approximate surface area is 101 Å². The molecule has 0 spiro atoms. The molecule has 3 rings (SSSR count). The molecule has 1 saturated heterocycles. The molecule has 2 aliphatic heterocycles. The molecule has 4 heteroatoms. The Morgan fingerprint density at radius 3 is 2.88 bits per heavy atom. The van der Waals surface area contributed by atoms with Crippen LogP contribution in [0.2, 0.25) is 0 Å². The summed E-state index contributed by atoms with van der Waals surface area (Å²) in [6.45, 7) is 5.33. The minimum atomic E-state index is -0.0715. The molecule has 0 radical (unpaired) electrons. The lowest BCUT2D eigenvalue weighted by molar-refractivity contribution is 0.232. The number of nitrogens with zero attached hydrogens (tertiary/aromatic N) is 1. The highest BCUT2D eigenvalue weighted by Gasteiger charge is 2.25. The number of rotatable bonds is 2. The van der Waals surface area contributed by atoms with Crippen LogP contribution in [0.15, 0.2) is 18.2 Å². The van der Waals surface area contributed by atoms with Gasteiger partial charge < -0.3 is 10.6 Å². The summed E-state index contributed by atoms with van der Waals surface area (Å²) in [6.07, 6.45) is 0.811. The molecule has 0 aromatic heterocycles. The Kier molecular flexibility index (Phi) is 2.99. The van der Waals surface area contributed by atoms with E-state index in [4.69, 9.17) is 0 Å². The van der Waals surface area contributed by atoms with Crippen LogP contribution in [-0.4, -0.2) is 43.7 Å². The quantitative estimate of drug-likeness (QED) is 0.803. The van der Waals surface area contributed by atoms with Gasteiger partial charge in [0.15, 0.2) is 0 Å². The summed E-state index contributed by atoms with van der Waals surface area (Å²) in [5.41, 5.74) is 1.83. The van der Waals surface area contributed by atoms with Crippen LogP contribution in [0.1, 0.15) is 5.56 Å². The Morgan fingerprint density at radius 1 is 1.29 bits per heavy atom. The SMILES string of the molecule is Fc1cccc2c1CC(CN1CCNCC1)N2. The van der Waals surface area contributed by atoms with Gasteiger partial charge in [0.2, 0.25) is 0 Å². The van der Waals surface area contributed by atoms with Gasteiger partial charge in [-0.1, -0.05) is 6.07 Å². The fraction of sp³-hybridized carbons (Fsp3) is 0.538. The molecule has 3 nitrogen and oxygen atoms in total. The smallest absolute Gasteiger partial charge is 0.128 e. The molecule has 1 atom stereocenters. The van der Waals surface area contributed by atoms with E-state index >= 15 is 0 Å². The van der Waals surface area contributed by atoms with Crippen molar-refractivity contribution in [1.82, 2.24) is 10.2 Å². The Morgan fingerprint density at radius 2 is 2.12 bits per heavy atom. The molecule has 1 aromatic carbocycles. The number of hydrogen-bond acceptors (Lipinski definition) is 3. The molecule has 1 aromatic rings. The largest absolute Gasteiger partial charge is 0.380 e. The lowest BCUT2D eigenvalue weighted by Crippen LogP contribution is -2.47. The summed E-state index contributed by atoms with van der Waals surface area (Å²) in [6, 6.07) is 5.65. The minimum absolute atomic E-state index is 0.0715. The maximum absolute atomic E-state index is 13.6. The maximum Gasteiger partial charge on any atom is 0.128 e. The molecule has 17 heavy (non-hydrogen) atoms. The third-order valence-corrected chi connectivity index (χ3v) is 3.62. The van der Waals surface area contributed by atoms with Crippen LogP contribution in [0.4, 0.5) is 10.1 Å². The van der Waals surface area contributed by atoms with Gasteiger partial charge in [-0.2, -0.15) is 0 Å². The van der Waals surface area contributed by atoms with E-state index in [1.54, 1.807) is 12.1 Å². The van der Waals surface area contributed by atoms with E-state index in [0.29, 0.717) is 6.04 Å². The lowest BCUT2D eigenvalue weighted by atomic mass is 10.1. The van der Waals surface area contributed by atoms with E-state index in [-0.39, 0.29) is 5.82 Å². The zero-order chi connectivity index (χ0) is 11.7. The van der Waals surface area contributed by atoms with Crippen molar-refractivity contribution in [2.75, 3.05) is 38.0 Å². The highest BCUT2D eigenvalue weighted by molar-refractivity contribution is 5.57. The number of halogens is 1. The Hall–Kier alpha value is -1.13. The number of benzene rings is 1. The second-order valence-corrected chi connectivity index (χ2v) is 4.86. The van der Waals surface area contributed by atoms with Gasteiger partial charge in [0.05, 0.1) is 0 Å². The third kappa shape index (κ3) is 2.28. The monoisotopic (exact) mass is 235 g/mol. The predicted molar refractivity (Wildman–Crippen MR) is 66.8 cm³/mol. The number of nitrogens with one attached hydrogen (secondary N) is 2. The fourth-order valence-electron chi connectivity index (χ4n) is 2.73. The van der Waals surface area contributed by atoms with Crippen LogP contribution in [0, 0.1) is 5.82 Å². The van der Waals surface area contributed by atoms with Crippen LogP contribution < -0.4 is 10.6 Å². The second kappa shape index (κ2) is 4.63. The van der Waals surface area contributed by atoms with E-state index in [1.165, 1.54) is 0 Å². The van der Waals surface area contributed by atoms with E-state index in [9.17, 15) is 4.39 Å². The van der Waals surface area contributed by atoms with Crippen molar-refractivity contribution < 1.29 is 4.39 Å². The summed E-state index contributed by atoms with van der Waals surface area (Å²) >= 11 is 0. The standard InChI is InChI=1S/C13H18FN3/c14-12-2-1-3-13-11(12)8-10(16-13)9-17-6-4-15-5-7-17/h1-3,10,15-16H,4-9H2. The van der Waals surface area contributed by atoms with Crippen LogP contribution in [0.3, 0.4) is 0 Å². The summed E-state index contributed by atoms with van der Waals surface area (Å²) in [5, 5.41) is 6.76.